The van der Waals surface area contributed by atoms with Gasteiger partial charge in [0.1, 0.15) is 0 Å². The molecule has 1 N–H and O–H groups in total. The van der Waals surface area contributed by atoms with E-state index in [4.69, 9.17) is 0 Å². The summed E-state index contributed by atoms with van der Waals surface area (Å²) in [7, 11) is 0. The summed E-state index contributed by atoms with van der Waals surface area (Å²) in [6, 6.07) is 17.5. The van der Waals surface area contributed by atoms with Gasteiger partial charge in [0.15, 0.2) is 0 Å². The molecule has 0 radical (unpaired) electrons. The standard InChI is InChI=1S/C14H13N/c1-10-11-6-2-3-7-12(11)13-8-4-5-9-14(13)15-10/h2-10,15H,1H3/t10-/m1/s1. The maximum atomic E-state index is 3.52. The van der Waals surface area contributed by atoms with E-state index >= 15 is 0 Å². The first-order valence-electron chi connectivity index (χ1n) is 5.31. The molecule has 15 heavy (non-hydrogen) atoms. The van der Waals surface area contributed by atoms with Gasteiger partial charge in [-0.25, -0.2) is 0 Å². The quantitative estimate of drug-likeness (QED) is 0.673. The van der Waals surface area contributed by atoms with E-state index in [0.29, 0.717) is 6.04 Å². The normalized spacial score (nSPS) is 17.5. The summed E-state index contributed by atoms with van der Waals surface area (Å²) in [6.45, 7) is 2.20. The molecule has 1 heterocycles. The SMILES string of the molecule is C[C@H]1Nc2ccccc2-c2ccccc21. The van der Waals surface area contributed by atoms with Crippen molar-refractivity contribution >= 4 is 5.69 Å². The molecule has 0 saturated heterocycles. The first kappa shape index (κ1) is 8.54. The number of para-hydroxylation sites is 1. The molecule has 1 aliphatic heterocycles. The Hall–Kier alpha value is -1.76. The van der Waals surface area contributed by atoms with Crippen LogP contribution in [0.1, 0.15) is 18.5 Å². The van der Waals surface area contributed by atoms with E-state index in [0.717, 1.165) is 0 Å². The molecule has 0 spiro atoms. The fourth-order valence-electron chi connectivity index (χ4n) is 2.27. The predicted octanol–water partition coefficient (Wildman–Crippen LogP) is 3.84. The highest BCUT2D eigenvalue weighted by Crippen LogP contribution is 2.39. The van der Waals surface area contributed by atoms with Crippen molar-refractivity contribution in [3.05, 3.63) is 54.1 Å². The van der Waals surface area contributed by atoms with Crippen molar-refractivity contribution in [3.8, 4) is 11.1 Å². The van der Waals surface area contributed by atoms with E-state index in [9.17, 15) is 0 Å². The highest BCUT2D eigenvalue weighted by Gasteiger charge is 2.19. The van der Waals surface area contributed by atoms with Gasteiger partial charge in [0.05, 0.1) is 0 Å². The number of fused-ring (bicyclic) bond motifs is 3. The molecule has 2 aromatic carbocycles. The topological polar surface area (TPSA) is 12.0 Å². The van der Waals surface area contributed by atoms with Crippen LogP contribution in [0.15, 0.2) is 48.5 Å². The average molecular weight is 195 g/mol. The fraction of sp³-hybridized carbons (Fsp3) is 0.143. The minimum Gasteiger partial charge on any atom is -0.378 e. The first-order chi connectivity index (χ1) is 7.36. The highest BCUT2D eigenvalue weighted by molar-refractivity contribution is 5.83. The minimum atomic E-state index is 0.399. The summed E-state index contributed by atoms with van der Waals surface area (Å²) < 4.78 is 0. The molecule has 1 aliphatic rings. The largest absolute Gasteiger partial charge is 0.378 e. The van der Waals surface area contributed by atoms with Gasteiger partial charge < -0.3 is 5.32 Å². The highest BCUT2D eigenvalue weighted by atomic mass is 14.9. The molecular formula is C14H13N. The van der Waals surface area contributed by atoms with E-state index in [1.165, 1.54) is 22.4 Å². The second-order valence-corrected chi connectivity index (χ2v) is 4.00. The molecular weight excluding hydrogens is 182 g/mol. The Kier molecular flexibility index (Phi) is 1.78. The Labute approximate surface area is 89.8 Å². The van der Waals surface area contributed by atoms with Crippen LogP contribution in [0.5, 0.6) is 0 Å². The summed E-state index contributed by atoms with van der Waals surface area (Å²) >= 11 is 0. The molecule has 0 aliphatic carbocycles. The molecule has 2 aromatic rings. The Morgan fingerprint density at radius 1 is 0.867 bits per heavy atom. The van der Waals surface area contributed by atoms with Gasteiger partial charge in [0.2, 0.25) is 0 Å². The lowest BCUT2D eigenvalue weighted by Gasteiger charge is -2.27. The Balaban J connectivity index is 2.30. The smallest absolute Gasteiger partial charge is 0.0492 e. The van der Waals surface area contributed by atoms with Gasteiger partial charge in [0.25, 0.3) is 0 Å². The van der Waals surface area contributed by atoms with Gasteiger partial charge in [-0.2, -0.15) is 0 Å². The van der Waals surface area contributed by atoms with Gasteiger partial charge in [-0.15, -0.1) is 0 Å². The molecule has 3 rings (SSSR count). The van der Waals surface area contributed by atoms with E-state index in [1.807, 2.05) is 0 Å². The van der Waals surface area contributed by atoms with E-state index in [1.54, 1.807) is 0 Å². The number of rotatable bonds is 0. The molecule has 1 heteroatoms. The summed E-state index contributed by atoms with van der Waals surface area (Å²) in [4.78, 5) is 0. The molecule has 1 atom stereocenters. The molecule has 0 fully saturated rings. The van der Waals surface area contributed by atoms with E-state index < -0.39 is 0 Å². The second-order valence-electron chi connectivity index (χ2n) is 4.00. The van der Waals surface area contributed by atoms with Crippen molar-refractivity contribution in [2.75, 3.05) is 5.32 Å². The third kappa shape index (κ3) is 1.23. The van der Waals surface area contributed by atoms with Crippen LogP contribution in [0, 0.1) is 0 Å². The molecule has 0 amide bonds. The van der Waals surface area contributed by atoms with Crippen molar-refractivity contribution in [2.45, 2.75) is 13.0 Å². The van der Waals surface area contributed by atoms with Crippen LogP contribution in [-0.4, -0.2) is 0 Å². The second kappa shape index (κ2) is 3.13. The maximum Gasteiger partial charge on any atom is 0.0492 e. The predicted molar refractivity (Wildman–Crippen MR) is 63.9 cm³/mol. The lowest BCUT2D eigenvalue weighted by molar-refractivity contribution is 0.876. The van der Waals surface area contributed by atoms with E-state index in [-0.39, 0.29) is 0 Å². The van der Waals surface area contributed by atoms with Gasteiger partial charge in [-0.1, -0.05) is 42.5 Å². The maximum absolute atomic E-state index is 3.52. The van der Waals surface area contributed by atoms with Crippen LogP contribution in [0.3, 0.4) is 0 Å². The van der Waals surface area contributed by atoms with Gasteiger partial charge >= 0.3 is 0 Å². The number of hydrogen-bond donors (Lipinski definition) is 1. The zero-order valence-electron chi connectivity index (χ0n) is 8.70. The number of nitrogens with one attached hydrogen (secondary N) is 1. The van der Waals surface area contributed by atoms with Crippen molar-refractivity contribution in [3.63, 3.8) is 0 Å². The Morgan fingerprint density at radius 3 is 2.40 bits per heavy atom. The summed E-state index contributed by atoms with van der Waals surface area (Å²) in [5.74, 6) is 0. The summed E-state index contributed by atoms with van der Waals surface area (Å²) in [6.07, 6.45) is 0. The molecule has 74 valence electrons. The first-order valence-corrected chi connectivity index (χ1v) is 5.31. The number of benzene rings is 2. The Morgan fingerprint density at radius 2 is 1.53 bits per heavy atom. The van der Waals surface area contributed by atoms with Crippen molar-refractivity contribution in [1.29, 1.82) is 0 Å². The molecule has 0 saturated carbocycles. The molecule has 1 nitrogen and oxygen atoms in total. The third-order valence-electron chi connectivity index (χ3n) is 3.02. The van der Waals surface area contributed by atoms with Crippen molar-refractivity contribution in [2.24, 2.45) is 0 Å². The summed E-state index contributed by atoms with van der Waals surface area (Å²) in [5.41, 5.74) is 5.30. The van der Waals surface area contributed by atoms with Crippen LogP contribution < -0.4 is 5.32 Å². The Bertz CT molecular complexity index is 502. The number of hydrogen-bond acceptors (Lipinski definition) is 1. The molecule has 0 unspecified atom stereocenters. The van der Waals surface area contributed by atoms with Crippen molar-refractivity contribution in [1.82, 2.24) is 0 Å². The average Bonchev–Trinajstić information content (AvgIpc) is 2.30. The van der Waals surface area contributed by atoms with Gasteiger partial charge in [0, 0.05) is 17.3 Å². The fourth-order valence-corrected chi connectivity index (χ4v) is 2.27. The van der Waals surface area contributed by atoms with Gasteiger partial charge in [-0.05, 0) is 24.1 Å². The molecule has 0 bridgehead atoms. The van der Waals surface area contributed by atoms with E-state index in [2.05, 4.69) is 60.8 Å². The molecule has 0 aromatic heterocycles. The van der Waals surface area contributed by atoms with Crippen LogP contribution in [0.4, 0.5) is 5.69 Å². The number of anilines is 1. The monoisotopic (exact) mass is 195 g/mol. The van der Waals surface area contributed by atoms with Crippen LogP contribution in [0.2, 0.25) is 0 Å². The third-order valence-corrected chi connectivity index (χ3v) is 3.02. The zero-order chi connectivity index (χ0) is 10.3. The summed E-state index contributed by atoms with van der Waals surface area (Å²) in [5, 5.41) is 3.52. The minimum absolute atomic E-state index is 0.399. The van der Waals surface area contributed by atoms with Crippen molar-refractivity contribution < 1.29 is 0 Å². The lowest BCUT2D eigenvalue weighted by atomic mass is 9.91. The van der Waals surface area contributed by atoms with Crippen LogP contribution in [-0.2, 0) is 0 Å². The van der Waals surface area contributed by atoms with Gasteiger partial charge in [-0.3, -0.25) is 0 Å². The van der Waals surface area contributed by atoms with Crippen LogP contribution >= 0.6 is 0 Å². The zero-order valence-corrected chi connectivity index (χ0v) is 8.70. The van der Waals surface area contributed by atoms with Crippen LogP contribution in [0.25, 0.3) is 11.1 Å². The lowest BCUT2D eigenvalue weighted by Crippen LogP contribution is -2.13.